The Morgan fingerprint density at radius 3 is 2.35 bits per heavy atom. The molecule has 7 heteroatoms. The lowest BCUT2D eigenvalue weighted by molar-refractivity contribution is 0.0622. The summed E-state index contributed by atoms with van der Waals surface area (Å²) in [4.78, 5) is 1.93. The molecule has 0 amide bonds. The Hall–Kier alpha value is -0.500. The predicted molar refractivity (Wildman–Crippen MR) is 67.6 cm³/mol. The molecular weight excluding hydrogens is 288 g/mol. The van der Waals surface area contributed by atoms with E-state index in [9.17, 15) is 10.2 Å². The maximum absolute atomic E-state index is 9.39. The van der Waals surface area contributed by atoms with Crippen molar-refractivity contribution in [3.63, 3.8) is 0 Å². The van der Waals surface area contributed by atoms with Gasteiger partial charge in [-0.2, -0.15) is 0 Å². The van der Waals surface area contributed by atoms with E-state index >= 15 is 0 Å². The van der Waals surface area contributed by atoms with Gasteiger partial charge in [-0.15, -0.1) is 5.10 Å². The summed E-state index contributed by atoms with van der Waals surface area (Å²) in [6, 6.07) is 0. The zero-order valence-electron chi connectivity index (χ0n) is 10.1. The van der Waals surface area contributed by atoms with Gasteiger partial charge in [-0.3, -0.25) is 4.90 Å². The highest BCUT2D eigenvalue weighted by molar-refractivity contribution is 9.08. The van der Waals surface area contributed by atoms with E-state index in [4.69, 9.17) is 0 Å². The van der Waals surface area contributed by atoms with Gasteiger partial charge < -0.3 is 10.2 Å². The first-order chi connectivity index (χ1) is 8.01. The Balaban J connectivity index is 2.57. The molecule has 0 aromatic carbocycles. The Kier molecular flexibility index (Phi) is 6.04. The zero-order valence-corrected chi connectivity index (χ0v) is 11.7. The zero-order chi connectivity index (χ0) is 12.8. The molecule has 98 valence electrons. The summed E-state index contributed by atoms with van der Waals surface area (Å²) >= 11 is 3.31. The smallest absolute Gasteiger partial charge is 0.0948 e. The molecule has 17 heavy (non-hydrogen) atoms. The molecule has 0 fully saturated rings. The van der Waals surface area contributed by atoms with Crippen molar-refractivity contribution in [3.05, 3.63) is 11.9 Å². The molecule has 0 radical (unpaired) electrons. The Morgan fingerprint density at radius 2 is 1.94 bits per heavy atom. The molecule has 0 spiro atoms. The monoisotopic (exact) mass is 306 g/mol. The molecule has 0 aliphatic carbocycles. The van der Waals surface area contributed by atoms with Crippen LogP contribution in [0.2, 0.25) is 0 Å². The minimum absolute atomic E-state index is 0.437. The molecule has 1 aromatic heterocycles. The van der Waals surface area contributed by atoms with Crippen LogP contribution in [0, 0.1) is 0 Å². The van der Waals surface area contributed by atoms with Crippen molar-refractivity contribution in [1.82, 2.24) is 19.9 Å². The molecule has 2 unspecified atom stereocenters. The average Bonchev–Trinajstić information content (AvgIpc) is 2.63. The molecule has 2 N–H and O–H groups in total. The Morgan fingerprint density at radius 1 is 1.35 bits per heavy atom. The highest BCUT2D eigenvalue weighted by atomic mass is 79.9. The standard InChI is InChI=1S/C10H19BrN4O2/c1-8(16)4-14(5-9(2)17)7-15-6-10(3-11)12-13-15/h6,8-9,16-17H,3-5,7H2,1-2H3. The van der Waals surface area contributed by atoms with Crippen molar-refractivity contribution in [2.75, 3.05) is 13.1 Å². The molecule has 0 saturated heterocycles. The minimum atomic E-state index is -0.437. The van der Waals surface area contributed by atoms with Crippen molar-refractivity contribution in [2.24, 2.45) is 0 Å². The van der Waals surface area contributed by atoms with Gasteiger partial charge in [-0.1, -0.05) is 21.1 Å². The van der Waals surface area contributed by atoms with E-state index in [-0.39, 0.29) is 0 Å². The van der Waals surface area contributed by atoms with Gasteiger partial charge in [0, 0.05) is 18.4 Å². The summed E-state index contributed by atoms with van der Waals surface area (Å²) in [5.74, 6) is 0. The lowest BCUT2D eigenvalue weighted by atomic mass is 10.3. The van der Waals surface area contributed by atoms with Crippen molar-refractivity contribution >= 4 is 15.9 Å². The second-order valence-electron chi connectivity index (χ2n) is 4.26. The number of rotatable bonds is 7. The van der Waals surface area contributed by atoms with E-state index < -0.39 is 12.2 Å². The molecule has 6 nitrogen and oxygen atoms in total. The number of aromatic nitrogens is 3. The Bertz CT molecular complexity index is 320. The quantitative estimate of drug-likeness (QED) is 0.704. The van der Waals surface area contributed by atoms with Crippen LogP contribution in [-0.2, 0) is 12.0 Å². The highest BCUT2D eigenvalue weighted by Crippen LogP contribution is 2.02. The summed E-state index contributed by atoms with van der Waals surface area (Å²) in [6.07, 6.45) is 0.965. The van der Waals surface area contributed by atoms with E-state index in [0.29, 0.717) is 25.1 Å². The predicted octanol–water partition coefficient (Wildman–Crippen LogP) is 0.194. The summed E-state index contributed by atoms with van der Waals surface area (Å²) in [5.41, 5.74) is 0.860. The van der Waals surface area contributed by atoms with Gasteiger partial charge in [-0.25, -0.2) is 4.68 Å². The van der Waals surface area contributed by atoms with Crippen LogP contribution in [0.3, 0.4) is 0 Å². The number of hydrogen-bond donors (Lipinski definition) is 2. The van der Waals surface area contributed by atoms with Gasteiger partial charge in [-0.05, 0) is 13.8 Å². The molecule has 0 aliphatic rings. The topological polar surface area (TPSA) is 74.4 Å². The van der Waals surface area contributed by atoms with Crippen molar-refractivity contribution in [1.29, 1.82) is 0 Å². The second kappa shape index (κ2) is 7.05. The molecule has 2 atom stereocenters. The molecule has 1 rings (SSSR count). The van der Waals surface area contributed by atoms with Crippen LogP contribution in [0.1, 0.15) is 19.5 Å². The van der Waals surface area contributed by atoms with Gasteiger partial charge in [0.1, 0.15) is 0 Å². The maximum Gasteiger partial charge on any atom is 0.0948 e. The van der Waals surface area contributed by atoms with Crippen molar-refractivity contribution in [3.8, 4) is 0 Å². The van der Waals surface area contributed by atoms with Crippen LogP contribution in [0.25, 0.3) is 0 Å². The third-order valence-corrected chi connectivity index (χ3v) is 2.69. The summed E-state index contributed by atoms with van der Waals surface area (Å²) in [5, 5.41) is 27.4. The second-order valence-corrected chi connectivity index (χ2v) is 4.82. The first-order valence-corrected chi connectivity index (χ1v) is 6.67. The lowest BCUT2D eigenvalue weighted by Crippen LogP contribution is -2.37. The molecule has 1 aromatic rings. The van der Waals surface area contributed by atoms with Crippen LogP contribution >= 0.6 is 15.9 Å². The van der Waals surface area contributed by atoms with Crippen molar-refractivity contribution in [2.45, 2.75) is 38.1 Å². The van der Waals surface area contributed by atoms with Crippen LogP contribution < -0.4 is 0 Å². The van der Waals surface area contributed by atoms with E-state index in [1.807, 2.05) is 11.1 Å². The highest BCUT2D eigenvalue weighted by Gasteiger charge is 2.12. The fourth-order valence-electron chi connectivity index (χ4n) is 1.61. The fourth-order valence-corrected chi connectivity index (χ4v) is 1.87. The van der Waals surface area contributed by atoms with Crippen LogP contribution in [0.4, 0.5) is 0 Å². The van der Waals surface area contributed by atoms with Gasteiger partial charge in [0.25, 0.3) is 0 Å². The number of hydrogen-bond acceptors (Lipinski definition) is 5. The number of alkyl halides is 1. The number of nitrogens with zero attached hydrogens (tertiary/aromatic N) is 4. The molecule has 0 saturated carbocycles. The number of aliphatic hydroxyl groups excluding tert-OH is 2. The van der Waals surface area contributed by atoms with Gasteiger partial charge >= 0.3 is 0 Å². The van der Waals surface area contributed by atoms with Crippen LogP contribution in [-0.4, -0.2) is 55.4 Å². The normalized spacial score (nSPS) is 15.2. The summed E-state index contributed by atoms with van der Waals surface area (Å²) in [7, 11) is 0. The fraction of sp³-hybridized carbons (Fsp3) is 0.800. The third kappa shape index (κ3) is 5.58. The van der Waals surface area contributed by atoms with Gasteiger partial charge in [0.15, 0.2) is 0 Å². The molecular formula is C10H19BrN4O2. The van der Waals surface area contributed by atoms with E-state index in [1.54, 1.807) is 18.5 Å². The average molecular weight is 307 g/mol. The SMILES string of the molecule is CC(O)CN(CC(C)O)Cn1cc(CBr)nn1. The van der Waals surface area contributed by atoms with Crippen LogP contribution in [0.15, 0.2) is 6.20 Å². The largest absolute Gasteiger partial charge is 0.392 e. The first kappa shape index (κ1) is 14.6. The number of aliphatic hydroxyl groups is 2. The molecule has 0 aliphatic heterocycles. The first-order valence-electron chi connectivity index (χ1n) is 5.54. The van der Waals surface area contributed by atoms with Crippen molar-refractivity contribution < 1.29 is 10.2 Å². The maximum atomic E-state index is 9.39. The Labute approximate surface area is 109 Å². The minimum Gasteiger partial charge on any atom is -0.392 e. The van der Waals surface area contributed by atoms with Gasteiger partial charge in [0.05, 0.1) is 30.8 Å². The molecule has 0 bridgehead atoms. The van der Waals surface area contributed by atoms with Gasteiger partial charge in [0.2, 0.25) is 0 Å². The third-order valence-electron chi connectivity index (χ3n) is 2.11. The lowest BCUT2D eigenvalue weighted by Gasteiger charge is -2.24. The van der Waals surface area contributed by atoms with E-state index in [0.717, 1.165) is 5.69 Å². The number of halogens is 1. The van der Waals surface area contributed by atoms with Crippen LogP contribution in [0.5, 0.6) is 0 Å². The summed E-state index contributed by atoms with van der Waals surface area (Å²) < 4.78 is 1.70. The van der Waals surface area contributed by atoms with E-state index in [1.165, 1.54) is 0 Å². The summed E-state index contributed by atoms with van der Waals surface area (Å²) in [6.45, 7) is 4.94. The molecule has 1 heterocycles. The van der Waals surface area contributed by atoms with E-state index in [2.05, 4.69) is 26.2 Å².